The highest BCUT2D eigenvalue weighted by molar-refractivity contribution is 5.55. The van der Waals surface area contributed by atoms with Gasteiger partial charge in [0.25, 0.3) is 0 Å². The quantitative estimate of drug-likeness (QED) is 0.878. The van der Waals surface area contributed by atoms with Gasteiger partial charge in [0.1, 0.15) is 5.76 Å². The van der Waals surface area contributed by atoms with Gasteiger partial charge in [0.2, 0.25) is 0 Å². The lowest BCUT2D eigenvalue weighted by Crippen LogP contribution is -2.44. The molecule has 2 aliphatic rings. The predicted octanol–water partition coefficient (Wildman–Crippen LogP) is 1.12. The number of hydrogen-bond acceptors (Lipinski definition) is 5. The van der Waals surface area contributed by atoms with E-state index >= 15 is 0 Å². The smallest absolute Gasteiger partial charge is 0.153 e. The van der Waals surface area contributed by atoms with Gasteiger partial charge in [0.05, 0.1) is 24.1 Å². The summed E-state index contributed by atoms with van der Waals surface area (Å²) < 4.78 is 5.49. The molecule has 3 heterocycles. The summed E-state index contributed by atoms with van der Waals surface area (Å²) in [6.07, 6.45) is 7.82. The number of aromatic amines is 1. The molecule has 0 saturated carbocycles. The summed E-state index contributed by atoms with van der Waals surface area (Å²) in [6, 6.07) is 4.10. The van der Waals surface area contributed by atoms with E-state index in [1.807, 2.05) is 31.5 Å². The van der Waals surface area contributed by atoms with Crippen molar-refractivity contribution in [3.63, 3.8) is 0 Å². The molecule has 2 atom stereocenters. The van der Waals surface area contributed by atoms with Gasteiger partial charge >= 0.3 is 0 Å². The molecule has 2 aromatic rings. The third-order valence-electron chi connectivity index (χ3n) is 4.79. The number of aryl methyl sites for hydroxylation is 1. The number of pyridine rings is 1. The van der Waals surface area contributed by atoms with E-state index in [-0.39, 0.29) is 12.0 Å². The summed E-state index contributed by atoms with van der Waals surface area (Å²) in [5.41, 5.74) is 5.31. The van der Waals surface area contributed by atoms with Gasteiger partial charge in [-0.3, -0.25) is 15.1 Å². The van der Waals surface area contributed by atoms with E-state index in [9.17, 15) is 0 Å². The first kappa shape index (κ1) is 15.6. The van der Waals surface area contributed by atoms with Gasteiger partial charge in [-0.05, 0) is 49.3 Å². The number of nitrogens with one attached hydrogen (secondary N) is 2. The van der Waals surface area contributed by atoms with Gasteiger partial charge in [0, 0.05) is 30.6 Å². The van der Waals surface area contributed by atoms with E-state index in [1.165, 1.54) is 11.1 Å². The number of rotatable bonds is 4. The van der Waals surface area contributed by atoms with Crippen LogP contribution in [0.2, 0.25) is 0 Å². The van der Waals surface area contributed by atoms with E-state index < -0.39 is 0 Å². The van der Waals surface area contributed by atoms with Crippen LogP contribution in [0.15, 0.2) is 53.0 Å². The van der Waals surface area contributed by atoms with Crippen LogP contribution in [0, 0.1) is 12.8 Å². The second-order valence-corrected chi connectivity index (χ2v) is 6.42. The molecule has 4 rings (SSSR count). The molecular weight excluding hydrogens is 314 g/mol. The Kier molecular flexibility index (Phi) is 3.87. The number of allylic oxidation sites excluding steroid dienone is 1. The summed E-state index contributed by atoms with van der Waals surface area (Å²) in [5, 5.41) is 12.1. The SMILES string of the molecule is COC1=CC2C(NCc3ccncc3)=c3c(C)n[nH]c3=NC2C(C)=C1. The minimum absolute atomic E-state index is 0.0613. The van der Waals surface area contributed by atoms with Gasteiger partial charge in [-0.2, -0.15) is 5.10 Å². The molecule has 0 fully saturated rings. The Labute approximate surface area is 146 Å². The fraction of sp³-hybridized carbons (Fsp3) is 0.316. The van der Waals surface area contributed by atoms with Crippen LogP contribution >= 0.6 is 0 Å². The van der Waals surface area contributed by atoms with E-state index in [4.69, 9.17) is 9.73 Å². The van der Waals surface area contributed by atoms with Crippen LogP contribution in [0.4, 0.5) is 0 Å². The molecule has 0 radical (unpaired) electrons. The first-order valence-electron chi connectivity index (χ1n) is 8.37. The normalized spacial score (nSPS) is 21.5. The molecule has 2 N–H and O–H groups in total. The number of ether oxygens (including phenoxy) is 1. The average Bonchev–Trinajstić information content (AvgIpc) is 3.01. The highest BCUT2D eigenvalue weighted by Gasteiger charge is 2.32. The molecule has 0 amide bonds. The van der Waals surface area contributed by atoms with Crippen molar-refractivity contribution in [3.8, 4) is 0 Å². The fourth-order valence-corrected chi connectivity index (χ4v) is 3.51. The zero-order valence-corrected chi connectivity index (χ0v) is 14.6. The molecule has 0 bridgehead atoms. The molecular formula is C19H21N5O. The summed E-state index contributed by atoms with van der Waals surface area (Å²) in [4.78, 5) is 8.97. The molecule has 128 valence electrons. The lowest BCUT2D eigenvalue weighted by molar-refractivity contribution is 0.298. The van der Waals surface area contributed by atoms with Crippen molar-refractivity contribution in [1.29, 1.82) is 0 Å². The maximum absolute atomic E-state index is 5.49. The van der Waals surface area contributed by atoms with Crippen LogP contribution in [-0.4, -0.2) is 28.3 Å². The molecule has 1 aliphatic heterocycles. The van der Waals surface area contributed by atoms with E-state index in [0.717, 1.165) is 34.4 Å². The minimum atomic E-state index is 0.0613. The maximum atomic E-state index is 5.49. The number of nitrogens with zero attached hydrogens (tertiary/aromatic N) is 3. The topological polar surface area (TPSA) is 75.2 Å². The molecule has 1 aliphatic carbocycles. The summed E-state index contributed by atoms with van der Waals surface area (Å²) in [6.45, 7) is 4.83. The largest absolute Gasteiger partial charge is 0.497 e. The highest BCUT2D eigenvalue weighted by Crippen LogP contribution is 2.31. The minimum Gasteiger partial charge on any atom is -0.497 e. The monoisotopic (exact) mass is 335 g/mol. The number of aromatic nitrogens is 3. The van der Waals surface area contributed by atoms with Crippen molar-refractivity contribution >= 4 is 5.70 Å². The Bertz CT molecular complexity index is 971. The molecule has 0 aromatic carbocycles. The average molecular weight is 335 g/mol. The van der Waals surface area contributed by atoms with Crippen LogP contribution in [0.5, 0.6) is 0 Å². The van der Waals surface area contributed by atoms with Crippen LogP contribution < -0.4 is 16.0 Å². The van der Waals surface area contributed by atoms with Crippen LogP contribution in [0.25, 0.3) is 5.70 Å². The van der Waals surface area contributed by atoms with Crippen LogP contribution in [0.1, 0.15) is 18.2 Å². The number of H-pyrrole nitrogens is 1. The Morgan fingerprint density at radius 3 is 2.80 bits per heavy atom. The maximum Gasteiger partial charge on any atom is 0.153 e. The summed E-state index contributed by atoms with van der Waals surface area (Å²) in [5.74, 6) is 0.993. The first-order valence-corrected chi connectivity index (χ1v) is 8.37. The molecule has 6 nitrogen and oxygen atoms in total. The van der Waals surface area contributed by atoms with Crippen molar-refractivity contribution in [1.82, 2.24) is 20.5 Å². The van der Waals surface area contributed by atoms with Gasteiger partial charge in [-0.1, -0.05) is 0 Å². The molecule has 2 unspecified atom stereocenters. The third-order valence-corrected chi connectivity index (χ3v) is 4.79. The van der Waals surface area contributed by atoms with Crippen LogP contribution in [0.3, 0.4) is 0 Å². The fourth-order valence-electron chi connectivity index (χ4n) is 3.51. The molecule has 6 heteroatoms. The van der Waals surface area contributed by atoms with Gasteiger partial charge in [-0.25, -0.2) is 0 Å². The van der Waals surface area contributed by atoms with Gasteiger partial charge < -0.3 is 10.1 Å². The molecule has 2 aromatic heterocycles. The summed E-state index contributed by atoms with van der Waals surface area (Å²) >= 11 is 0. The Morgan fingerprint density at radius 1 is 1.24 bits per heavy atom. The van der Waals surface area contributed by atoms with Gasteiger partial charge in [-0.15, -0.1) is 0 Å². The zero-order valence-electron chi connectivity index (χ0n) is 14.6. The Hall–Kier alpha value is -2.89. The Balaban J connectivity index is 1.80. The lowest BCUT2D eigenvalue weighted by atomic mass is 9.84. The van der Waals surface area contributed by atoms with Crippen molar-refractivity contribution in [2.75, 3.05) is 7.11 Å². The third kappa shape index (κ3) is 2.73. The van der Waals surface area contributed by atoms with E-state index in [2.05, 4.69) is 39.6 Å². The molecule has 0 spiro atoms. The molecule has 25 heavy (non-hydrogen) atoms. The van der Waals surface area contributed by atoms with Crippen molar-refractivity contribution in [3.05, 3.63) is 70.0 Å². The first-order chi connectivity index (χ1) is 12.2. The summed E-state index contributed by atoms with van der Waals surface area (Å²) in [7, 11) is 1.70. The van der Waals surface area contributed by atoms with E-state index in [1.54, 1.807) is 7.11 Å². The van der Waals surface area contributed by atoms with Gasteiger partial charge in [0.15, 0.2) is 5.49 Å². The Morgan fingerprint density at radius 2 is 2.04 bits per heavy atom. The van der Waals surface area contributed by atoms with Crippen molar-refractivity contribution in [2.24, 2.45) is 10.9 Å². The second kappa shape index (κ2) is 6.20. The second-order valence-electron chi connectivity index (χ2n) is 6.42. The molecule has 0 saturated heterocycles. The number of fused-ring (bicyclic) bond motifs is 2. The highest BCUT2D eigenvalue weighted by atomic mass is 16.5. The van der Waals surface area contributed by atoms with Crippen LogP contribution in [-0.2, 0) is 11.3 Å². The van der Waals surface area contributed by atoms with Crippen molar-refractivity contribution < 1.29 is 4.74 Å². The standard InChI is InChI=1S/C19H21N5O/c1-11-8-14(25-3)9-15-17(11)22-19-16(12(2)23-24-19)18(15)21-10-13-4-6-20-7-5-13/h4-9,15,17,21H,10H2,1-3H3,(H,22,24). The lowest BCUT2D eigenvalue weighted by Gasteiger charge is -2.31. The van der Waals surface area contributed by atoms with Crippen molar-refractivity contribution in [2.45, 2.75) is 26.4 Å². The number of hydrogen-bond donors (Lipinski definition) is 2. The predicted molar refractivity (Wildman–Crippen MR) is 94.7 cm³/mol. The van der Waals surface area contributed by atoms with E-state index in [0.29, 0.717) is 0 Å². The zero-order chi connectivity index (χ0) is 17.4. The number of methoxy groups -OCH3 is 1.